The number of nitro benzene ring substituents is 1. The molecule has 1 saturated carbocycles. The lowest BCUT2D eigenvalue weighted by Crippen LogP contribution is -2.28. The van der Waals surface area contributed by atoms with Crippen LogP contribution in [0.4, 0.5) is 11.4 Å². The van der Waals surface area contributed by atoms with Crippen molar-refractivity contribution in [3.63, 3.8) is 0 Å². The number of hydrogen-bond acceptors (Lipinski definition) is 4. The first-order chi connectivity index (χ1) is 9.10. The summed E-state index contributed by atoms with van der Waals surface area (Å²) in [6.07, 6.45) is 7.02. The normalized spacial score (nSPS) is 23.1. The number of halogens is 1. The predicted octanol–water partition coefficient (Wildman–Crippen LogP) is 4.44. The van der Waals surface area contributed by atoms with E-state index in [0.29, 0.717) is 6.04 Å². The van der Waals surface area contributed by atoms with Crippen LogP contribution in [-0.2, 0) is 0 Å². The lowest BCUT2D eigenvalue weighted by Gasteiger charge is -2.29. The summed E-state index contributed by atoms with van der Waals surface area (Å²) in [4.78, 5) is 10.3. The van der Waals surface area contributed by atoms with Crippen molar-refractivity contribution in [3.05, 3.63) is 32.8 Å². The second kappa shape index (κ2) is 6.61. The number of non-ortho nitro benzene ring substituents is 1. The van der Waals surface area contributed by atoms with Gasteiger partial charge in [0, 0.05) is 33.6 Å². The molecule has 6 heteroatoms. The largest absolute Gasteiger partial charge is 0.381 e. The van der Waals surface area contributed by atoms with E-state index in [9.17, 15) is 10.1 Å². The number of nitrogens with zero attached hydrogens (tertiary/aromatic N) is 1. The smallest absolute Gasteiger partial charge is 0.270 e. The maximum atomic E-state index is 10.7. The molecule has 0 radical (unpaired) electrons. The van der Waals surface area contributed by atoms with Gasteiger partial charge in [0.05, 0.1) is 4.92 Å². The first-order valence-electron chi connectivity index (χ1n) is 6.33. The third kappa shape index (κ3) is 3.86. The molecular weight excluding hydrogens is 328 g/mol. The summed E-state index contributed by atoms with van der Waals surface area (Å²) in [7, 11) is 0. The number of nitrogens with one attached hydrogen (secondary N) is 1. The van der Waals surface area contributed by atoms with Gasteiger partial charge in [0.2, 0.25) is 0 Å². The number of rotatable bonds is 4. The van der Waals surface area contributed by atoms with Gasteiger partial charge < -0.3 is 5.32 Å². The van der Waals surface area contributed by atoms with Crippen LogP contribution >= 0.6 is 27.7 Å². The highest BCUT2D eigenvalue weighted by atomic mass is 79.9. The molecule has 0 aromatic heterocycles. The van der Waals surface area contributed by atoms with Gasteiger partial charge in [-0.25, -0.2) is 0 Å². The Morgan fingerprint density at radius 1 is 1.47 bits per heavy atom. The minimum atomic E-state index is -0.376. The van der Waals surface area contributed by atoms with E-state index in [2.05, 4.69) is 27.5 Å². The molecule has 4 nitrogen and oxygen atoms in total. The van der Waals surface area contributed by atoms with Gasteiger partial charge >= 0.3 is 0 Å². The molecule has 104 valence electrons. The number of anilines is 1. The van der Waals surface area contributed by atoms with Crippen molar-refractivity contribution in [1.29, 1.82) is 0 Å². The molecule has 2 rings (SSSR count). The summed E-state index contributed by atoms with van der Waals surface area (Å²) in [5, 5.41) is 14.9. The molecule has 0 heterocycles. The molecule has 0 amide bonds. The van der Waals surface area contributed by atoms with E-state index in [1.165, 1.54) is 19.3 Å². The first-order valence-corrected chi connectivity index (χ1v) is 8.41. The van der Waals surface area contributed by atoms with E-state index in [-0.39, 0.29) is 10.6 Å². The summed E-state index contributed by atoms with van der Waals surface area (Å²) in [6, 6.07) is 5.34. The van der Waals surface area contributed by atoms with Gasteiger partial charge in [0.25, 0.3) is 5.69 Å². The highest BCUT2D eigenvalue weighted by Gasteiger charge is 2.22. The zero-order valence-electron chi connectivity index (χ0n) is 10.8. The SMILES string of the molecule is CSC1CCCC(Nc2ccc([N+](=O)[O-])cc2Br)C1. The second-order valence-electron chi connectivity index (χ2n) is 4.79. The Kier molecular flexibility index (Phi) is 5.10. The zero-order chi connectivity index (χ0) is 13.8. The molecule has 0 aliphatic heterocycles. The summed E-state index contributed by atoms with van der Waals surface area (Å²) in [5.41, 5.74) is 1.06. The van der Waals surface area contributed by atoms with Crippen LogP contribution in [0.2, 0.25) is 0 Å². The molecule has 1 fully saturated rings. The van der Waals surface area contributed by atoms with Gasteiger partial charge in [-0.3, -0.25) is 10.1 Å². The minimum absolute atomic E-state index is 0.114. The van der Waals surface area contributed by atoms with Gasteiger partial charge in [-0.2, -0.15) is 11.8 Å². The topological polar surface area (TPSA) is 55.2 Å². The van der Waals surface area contributed by atoms with Gasteiger partial charge in [0.1, 0.15) is 0 Å². The van der Waals surface area contributed by atoms with Crippen LogP contribution in [-0.4, -0.2) is 22.5 Å². The average molecular weight is 345 g/mol. The fraction of sp³-hybridized carbons (Fsp3) is 0.538. The van der Waals surface area contributed by atoms with Crippen molar-refractivity contribution in [1.82, 2.24) is 0 Å². The zero-order valence-corrected chi connectivity index (χ0v) is 13.2. The van der Waals surface area contributed by atoms with Crippen LogP contribution < -0.4 is 5.32 Å². The molecule has 1 aromatic rings. The Morgan fingerprint density at radius 2 is 2.26 bits per heavy atom. The molecule has 0 spiro atoms. The molecule has 1 aliphatic carbocycles. The van der Waals surface area contributed by atoms with Crippen LogP contribution in [0, 0.1) is 10.1 Å². The summed E-state index contributed by atoms with van der Waals surface area (Å²) < 4.78 is 0.757. The van der Waals surface area contributed by atoms with Gasteiger partial charge in [-0.15, -0.1) is 0 Å². The van der Waals surface area contributed by atoms with E-state index < -0.39 is 0 Å². The second-order valence-corrected chi connectivity index (χ2v) is 6.78. The highest BCUT2D eigenvalue weighted by molar-refractivity contribution is 9.10. The number of thioether (sulfide) groups is 1. The Morgan fingerprint density at radius 3 is 2.89 bits per heavy atom. The van der Waals surface area contributed by atoms with Crippen molar-refractivity contribution >= 4 is 39.1 Å². The van der Waals surface area contributed by atoms with E-state index in [4.69, 9.17) is 0 Å². The minimum Gasteiger partial charge on any atom is -0.381 e. The molecule has 2 atom stereocenters. The standard InChI is InChI=1S/C13H17BrN2O2S/c1-19-11-4-2-3-9(7-11)15-13-6-5-10(16(17)18)8-12(13)14/h5-6,8-9,11,15H,2-4,7H2,1H3. The fourth-order valence-electron chi connectivity index (χ4n) is 2.44. The third-order valence-electron chi connectivity index (χ3n) is 3.48. The summed E-state index contributed by atoms with van der Waals surface area (Å²) in [6.45, 7) is 0. The third-order valence-corrected chi connectivity index (χ3v) is 5.23. The summed E-state index contributed by atoms with van der Waals surface area (Å²) >= 11 is 5.33. The quantitative estimate of drug-likeness (QED) is 0.647. The van der Waals surface area contributed by atoms with E-state index in [0.717, 1.165) is 21.8 Å². The molecule has 1 aliphatic rings. The monoisotopic (exact) mass is 344 g/mol. The lowest BCUT2D eigenvalue weighted by atomic mass is 9.95. The van der Waals surface area contributed by atoms with Crippen molar-refractivity contribution in [2.75, 3.05) is 11.6 Å². The van der Waals surface area contributed by atoms with Crippen LogP contribution in [0.1, 0.15) is 25.7 Å². The lowest BCUT2D eigenvalue weighted by molar-refractivity contribution is -0.384. The van der Waals surface area contributed by atoms with Crippen molar-refractivity contribution in [2.24, 2.45) is 0 Å². The summed E-state index contributed by atoms with van der Waals surface area (Å²) in [5.74, 6) is 0. The fourth-order valence-corrected chi connectivity index (χ4v) is 3.75. The van der Waals surface area contributed by atoms with Gasteiger partial charge in [-0.1, -0.05) is 6.42 Å². The predicted molar refractivity (Wildman–Crippen MR) is 84.0 cm³/mol. The molecule has 0 bridgehead atoms. The number of benzene rings is 1. The first kappa shape index (κ1) is 14.7. The van der Waals surface area contributed by atoms with Crippen molar-refractivity contribution < 1.29 is 4.92 Å². The van der Waals surface area contributed by atoms with Crippen LogP contribution in [0.5, 0.6) is 0 Å². The maximum Gasteiger partial charge on any atom is 0.270 e. The van der Waals surface area contributed by atoms with E-state index >= 15 is 0 Å². The molecule has 19 heavy (non-hydrogen) atoms. The molecular formula is C13H17BrN2O2S. The Labute approximate surface area is 125 Å². The van der Waals surface area contributed by atoms with E-state index in [1.807, 2.05) is 11.8 Å². The Balaban J connectivity index is 2.04. The van der Waals surface area contributed by atoms with Gasteiger partial charge in [-0.05, 0) is 47.5 Å². The van der Waals surface area contributed by atoms with Gasteiger partial charge in [0.15, 0.2) is 0 Å². The van der Waals surface area contributed by atoms with Crippen LogP contribution in [0.25, 0.3) is 0 Å². The molecule has 1 N–H and O–H groups in total. The van der Waals surface area contributed by atoms with E-state index in [1.54, 1.807) is 18.2 Å². The molecule has 0 saturated heterocycles. The van der Waals surface area contributed by atoms with Crippen LogP contribution in [0.3, 0.4) is 0 Å². The van der Waals surface area contributed by atoms with Crippen molar-refractivity contribution in [3.8, 4) is 0 Å². The maximum absolute atomic E-state index is 10.7. The number of nitro groups is 1. The Hall–Kier alpha value is -0.750. The van der Waals surface area contributed by atoms with Crippen LogP contribution in [0.15, 0.2) is 22.7 Å². The Bertz CT molecular complexity index is 470. The molecule has 1 aromatic carbocycles. The van der Waals surface area contributed by atoms with Crippen molar-refractivity contribution in [2.45, 2.75) is 37.0 Å². The number of hydrogen-bond donors (Lipinski definition) is 1. The molecule has 2 unspecified atom stereocenters. The highest BCUT2D eigenvalue weighted by Crippen LogP contribution is 2.32. The average Bonchev–Trinajstić information content (AvgIpc) is 2.41.